The van der Waals surface area contributed by atoms with Gasteiger partial charge in [0.25, 0.3) is 0 Å². The number of para-hydroxylation sites is 2. The SMILES string of the molecule is CNCc1ccc(CN(C)c2ccccc2OC)s1. The molecule has 0 spiro atoms. The van der Waals surface area contributed by atoms with Crippen LogP contribution in [0, 0.1) is 0 Å². The van der Waals surface area contributed by atoms with Gasteiger partial charge >= 0.3 is 0 Å². The third kappa shape index (κ3) is 3.49. The molecule has 1 heterocycles. The highest BCUT2D eigenvalue weighted by Crippen LogP contribution is 2.28. The van der Waals surface area contributed by atoms with E-state index in [1.807, 2.05) is 36.6 Å². The van der Waals surface area contributed by atoms with Gasteiger partial charge in [-0.15, -0.1) is 11.3 Å². The molecule has 0 bridgehead atoms. The minimum atomic E-state index is 0.898. The molecule has 19 heavy (non-hydrogen) atoms. The van der Waals surface area contributed by atoms with Gasteiger partial charge in [-0.2, -0.15) is 0 Å². The Balaban J connectivity index is 2.09. The Morgan fingerprint density at radius 2 is 1.89 bits per heavy atom. The van der Waals surface area contributed by atoms with Gasteiger partial charge < -0.3 is 15.0 Å². The van der Waals surface area contributed by atoms with E-state index < -0.39 is 0 Å². The molecular weight excluding hydrogens is 256 g/mol. The molecule has 1 aromatic carbocycles. The van der Waals surface area contributed by atoms with Gasteiger partial charge in [-0.3, -0.25) is 0 Å². The molecule has 2 aromatic rings. The third-order valence-electron chi connectivity index (χ3n) is 2.96. The van der Waals surface area contributed by atoms with Crippen LogP contribution >= 0.6 is 11.3 Å². The number of hydrogen-bond acceptors (Lipinski definition) is 4. The van der Waals surface area contributed by atoms with Gasteiger partial charge in [-0.1, -0.05) is 12.1 Å². The van der Waals surface area contributed by atoms with Crippen LogP contribution in [0.4, 0.5) is 5.69 Å². The second-order valence-electron chi connectivity index (χ2n) is 4.43. The molecular formula is C15H20N2OS. The van der Waals surface area contributed by atoms with Gasteiger partial charge in [0.1, 0.15) is 5.75 Å². The zero-order valence-electron chi connectivity index (χ0n) is 11.6. The summed E-state index contributed by atoms with van der Waals surface area (Å²) in [5.41, 5.74) is 1.12. The molecule has 0 atom stereocenters. The van der Waals surface area contributed by atoms with Crippen molar-refractivity contribution in [2.45, 2.75) is 13.1 Å². The van der Waals surface area contributed by atoms with Crippen LogP contribution in [0.25, 0.3) is 0 Å². The molecule has 0 saturated carbocycles. The van der Waals surface area contributed by atoms with Crippen molar-refractivity contribution < 1.29 is 4.74 Å². The highest BCUT2D eigenvalue weighted by atomic mass is 32.1. The summed E-state index contributed by atoms with van der Waals surface area (Å²) in [6.07, 6.45) is 0. The van der Waals surface area contributed by atoms with Crippen molar-refractivity contribution in [3.63, 3.8) is 0 Å². The summed E-state index contributed by atoms with van der Waals surface area (Å²) < 4.78 is 5.40. The van der Waals surface area contributed by atoms with Crippen molar-refractivity contribution in [2.24, 2.45) is 0 Å². The molecule has 0 unspecified atom stereocenters. The molecule has 0 aliphatic carbocycles. The lowest BCUT2D eigenvalue weighted by Crippen LogP contribution is -2.16. The minimum Gasteiger partial charge on any atom is -0.495 e. The Bertz CT molecular complexity index is 524. The normalized spacial score (nSPS) is 10.5. The Morgan fingerprint density at radius 3 is 2.63 bits per heavy atom. The van der Waals surface area contributed by atoms with E-state index in [0.29, 0.717) is 0 Å². The van der Waals surface area contributed by atoms with Crippen molar-refractivity contribution >= 4 is 17.0 Å². The van der Waals surface area contributed by atoms with E-state index in [1.165, 1.54) is 9.75 Å². The first kappa shape index (κ1) is 13.9. The van der Waals surface area contributed by atoms with Crippen molar-refractivity contribution in [3.05, 3.63) is 46.2 Å². The Labute approximate surface area is 118 Å². The van der Waals surface area contributed by atoms with Crippen molar-refractivity contribution in [2.75, 3.05) is 26.1 Å². The number of hydrogen-bond donors (Lipinski definition) is 1. The molecule has 3 nitrogen and oxygen atoms in total. The lowest BCUT2D eigenvalue weighted by molar-refractivity contribution is 0.415. The van der Waals surface area contributed by atoms with E-state index in [1.54, 1.807) is 7.11 Å². The summed E-state index contributed by atoms with van der Waals surface area (Å²) in [5.74, 6) is 0.914. The predicted molar refractivity (Wildman–Crippen MR) is 82.2 cm³/mol. The number of nitrogens with one attached hydrogen (secondary N) is 1. The Kier molecular flexibility index (Phi) is 4.82. The largest absolute Gasteiger partial charge is 0.495 e. The van der Waals surface area contributed by atoms with Crippen LogP contribution in [0.2, 0.25) is 0 Å². The maximum Gasteiger partial charge on any atom is 0.142 e. The molecule has 0 amide bonds. The molecule has 0 fully saturated rings. The Morgan fingerprint density at radius 1 is 1.16 bits per heavy atom. The van der Waals surface area contributed by atoms with Crippen LogP contribution in [0.15, 0.2) is 36.4 Å². The van der Waals surface area contributed by atoms with Crippen LogP contribution < -0.4 is 15.0 Å². The Hall–Kier alpha value is -1.52. The summed E-state index contributed by atoms with van der Waals surface area (Å²) in [4.78, 5) is 4.94. The number of rotatable bonds is 6. The summed E-state index contributed by atoms with van der Waals surface area (Å²) in [7, 11) is 5.78. The number of ether oxygens (including phenoxy) is 1. The van der Waals surface area contributed by atoms with Crippen LogP contribution in [-0.4, -0.2) is 21.2 Å². The monoisotopic (exact) mass is 276 g/mol. The number of nitrogens with zero attached hydrogens (tertiary/aromatic N) is 1. The standard InChI is InChI=1S/C15H20N2OS/c1-16-10-12-8-9-13(19-12)11-17(2)14-6-4-5-7-15(14)18-3/h4-9,16H,10-11H2,1-3H3. The average Bonchev–Trinajstić information content (AvgIpc) is 2.86. The topological polar surface area (TPSA) is 24.5 Å². The van der Waals surface area contributed by atoms with Gasteiger partial charge in [0.05, 0.1) is 19.3 Å². The van der Waals surface area contributed by atoms with E-state index in [-0.39, 0.29) is 0 Å². The van der Waals surface area contributed by atoms with Gasteiger partial charge in [-0.25, -0.2) is 0 Å². The second-order valence-corrected chi connectivity index (χ2v) is 5.68. The van der Waals surface area contributed by atoms with Crippen LogP contribution in [-0.2, 0) is 13.1 Å². The molecule has 4 heteroatoms. The fourth-order valence-electron chi connectivity index (χ4n) is 2.04. The first-order chi connectivity index (χ1) is 9.24. The fourth-order valence-corrected chi connectivity index (χ4v) is 3.12. The van der Waals surface area contributed by atoms with Crippen LogP contribution in [0.5, 0.6) is 5.75 Å². The van der Waals surface area contributed by atoms with Gasteiger partial charge in [0.15, 0.2) is 0 Å². The smallest absolute Gasteiger partial charge is 0.142 e. The lowest BCUT2D eigenvalue weighted by atomic mass is 10.2. The van der Waals surface area contributed by atoms with E-state index >= 15 is 0 Å². The molecule has 0 aliphatic heterocycles. The molecule has 2 rings (SSSR count). The minimum absolute atomic E-state index is 0.898. The zero-order valence-corrected chi connectivity index (χ0v) is 12.5. The van der Waals surface area contributed by atoms with Crippen molar-refractivity contribution in [1.29, 1.82) is 0 Å². The van der Waals surface area contributed by atoms with Crippen molar-refractivity contribution in [3.8, 4) is 5.75 Å². The number of benzene rings is 1. The first-order valence-corrected chi connectivity index (χ1v) is 7.12. The summed E-state index contributed by atoms with van der Waals surface area (Å²) >= 11 is 1.85. The second kappa shape index (κ2) is 6.59. The van der Waals surface area contributed by atoms with E-state index in [4.69, 9.17) is 4.74 Å². The molecule has 102 valence electrons. The maximum atomic E-state index is 5.40. The maximum absolute atomic E-state index is 5.40. The van der Waals surface area contributed by atoms with Crippen molar-refractivity contribution in [1.82, 2.24) is 5.32 Å². The molecule has 0 aliphatic rings. The first-order valence-electron chi connectivity index (χ1n) is 6.31. The third-order valence-corrected chi connectivity index (χ3v) is 4.03. The zero-order chi connectivity index (χ0) is 13.7. The predicted octanol–water partition coefficient (Wildman–Crippen LogP) is 3.11. The molecule has 0 saturated heterocycles. The number of thiophene rings is 1. The molecule has 1 N–H and O–H groups in total. The summed E-state index contributed by atoms with van der Waals surface area (Å²) in [5, 5.41) is 3.18. The number of anilines is 1. The van der Waals surface area contributed by atoms with Gasteiger partial charge in [0, 0.05) is 23.3 Å². The molecule has 0 radical (unpaired) electrons. The van der Waals surface area contributed by atoms with Crippen LogP contribution in [0.1, 0.15) is 9.75 Å². The average molecular weight is 276 g/mol. The fraction of sp³-hybridized carbons (Fsp3) is 0.333. The number of methoxy groups -OCH3 is 1. The van der Waals surface area contributed by atoms with Crippen LogP contribution in [0.3, 0.4) is 0 Å². The lowest BCUT2D eigenvalue weighted by Gasteiger charge is -2.20. The van der Waals surface area contributed by atoms with E-state index in [0.717, 1.165) is 24.5 Å². The highest BCUT2D eigenvalue weighted by molar-refractivity contribution is 7.12. The van der Waals surface area contributed by atoms with E-state index in [2.05, 4.69) is 35.5 Å². The quantitative estimate of drug-likeness (QED) is 0.877. The van der Waals surface area contributed by atoms with Gasteiger partial charge in [-0.05, 0) is 31.3 Å². The summed E-state index contributed by atoms with van der Waals surface area (Å²) in [6.45, 7) is 1.83. The molecule has 1 aromatic heterocycles. The van der Waals surface area contributed by atoms with E-state index in [9.17, 15) is 0 Å². The summed E-state index contributed by atoms with van der Waals surface area (Å²) in [6, 6.07) is 12.5. The van der Waals surface area contributed by atoms with Gasteiger partial charge in [0.2, 0.25) is 0 Å². The highest BCUT2D eigenvalue weighted by Gasteiger charge is 2.09.